The molecule has 1 heteroatoms. The summed E-state index contributed by atoms with van der Waals surface area (Å²) in [4.78, 5) is 0. The summed E-state index contributed by atoms with van der Waals surface area (Å²) in [5.74, 6) is 0.891. The second kappa shape index (κ2) is 6.91. The highest BCUT2D eigenvalue weighted by Crippen LogP contribution is 2.42. The summed E-state index contributed by atoms with van der Waals surface area (Å²) in [5, 5.41) is 9.41. The number of hydrogen-bond acceptors (Lipinski definition) is 1. The summed E-state index contributed by atoms with van der Waals surface area (Å²) in [5.41, 5.74) is 2.75. The minimum Gasteiger partial charge on any atom is -0.396 e. The first-order chi connectivity index (χ1) is 8.86. The van der Waals surface area contributed by atoms with Crippen molar-refractivity contribution in [2.75, 3.05) is 6.61 Å². The van der Waals surface area contributed by atoms with Crippen molar-refractivity contribution < 1.29 is 5.11 Å². The van der Waals surface area contributed by atoms with E-state index < -0.39 is 0 Å². The van der Waals surface area contributed by atoms with Crippen molar-refractivity contribution >= 4 is 0 Å². The van der Waals surface area contributed by atoms with Crippen molar-refractivity contribution in [1.29, 1.82) is 0 Å². The van der Waals surface area contributed by atoms with Crippen molar-refractivity contribution in [3.05, 3.63) is 48.0 Å². The van der Waals surface area contributed by atoms with Gasteiger partial charge in [-0.15, -0.1) is 6.58 Å². The van der Waals surface area contributed by atoms with Gasteiger partial charge in [-0.1, -0.05) is 56.7 Å². The van der Waals surface area contributed by atoms with E-state index in [1.807, 2.05) is 0 Å². The molecule has 1 N–H and O–H groups in total. The van der Waals surface area contributed by atoms with Crippen LogP contribution in [0.2, 0.25) is 0 Å². The fourth-order valence-corrected chi connectivity index (χ4v) is 2.94. The topological polar surface area (TPSA) is 20.2 Å². The molecule has 0 unspecified atom stereocenters. The largest absolute Gasteiger partial charge is 0.396 e. The lowest BCUT2D eigenvalue weighted by Crippen LogP contribution is -2.28. The average Bonchev–Trinajstić information content (AvgIpc) is 2.33. The molecular weight excluding hydrogens is 232 g/mol. The molecule has 0 amide bonds. The molecule has 106 valence electrons. The second-order valence-electron chi connectivity index (χ2n) is 6.66. The third-order valence-electron chi connectivity index (χ3n) is 3.83. The van der Waals surface area contributed by atoms with E-state index in [2.05, 4.69) is 64.6 Å². The van der Waals surface area contributed by atoms with Gasteiger partial charge in [0.1, 0.15) is 0 Å². The molecule has 1 nitrogen and oxygen atoms in total. The summed E-state index contributed by atoms with van der Waals surface area (Å²) in [6.45, 7) is 13.2. The number of hydrogen-bond donors (Lipinski definition) is 1. The molecule has 0 saturated carbocycles. The third kappa shape index (κ3) is 4.83. The van der Waals surface area contributed by atoms with E-state index in [0.717, 1.165) is 12.8 Å². The summed E-state index contributed by atoms with van der Waals surface area (Å²) < 4.78 is 0. The van der Waals surface area contributed by atoms with Crippen molar-refractivity contribution in [1.82, 2.24) is 0 Å². The molecule has 0 spiro atoms. The number of allylic oxidation sites excluding steroid dienone is 1. The van der Waals surface area contributed by atoms with Gasteiger partial charge in [-0.05, 0) is 42.6 Å². The van der Waals surface area contributed by atoms with Crippen LogP contribution < -0.4 is 0 Å². The average molecular weight is 260 g/mol. The van der Waals surface area contributed by atoms with E-state index >= 15 is 0 Å². The lowest BCUT2D eigenvalue weighted by Gasteiger charge is -2.37. The molecular formula is C18H28O. The minimum atomic E-state index is 0.179. The van der Waals surface area contributed by atoms with Crippen molar-refractivity contribution in [2.24, 2.45) is 11.3 Å². The maximum absolute atomic E-state index is 9.41. The molecule has 1 aromatic rings. The van der Waals surface area contributed by atoms with Crippen LogP contribution in [0.1, 0.15) is 52.0 Å². The molecule has 1 rings (SSSR count). The third-order valence-corrected chi connectivity index (χ3v) is 3.83. The molecule has 0 heterocycles. The highest BCUT2D eigenvalue weighted by Gasteiger charge is 2.32. The van der Waals surface area contributed by atoms with Crippen molar-refractivity contribution in [3.63, 3.8) is 0 Å². The van der Waals surface area contributed by atoms with Crippen LogP contribution in [0.25, 0.3) is 0 Å². The zero-order chi connectivity index (χ0) is 14.5. The standard InChI is InChI=1S/C18H28O/c1-14(2)13-16(15-9-7-6-8-10-15)17(11-12-19)18(3,4)5/h6-10,16-17,19H,1,11-13H2,2-5H3/t16-,17+/m1/s1. The smallest absolute Gasteiger partial charge is 0.0434 e. The quantitative estimate of drug-likeness (QED) is 0.730. The Balaban J connectivity index is 3.10. The summed E-state index contributed by atoms with van der Waals surface area (Å²) in [7, 11) is 0. The molecule has 0 bridgehead atoms. The molecule has 2 atom stereocenters. The Morgan fingerprint density at radius 2 is 1.79 bits per heavy atom. The number of aliphatic hydroxyl groups excluding tert-OH is 1. The van der Waals surface area contributed by atoms with Crippen molar-refractivity contribution in [2.45, 2.75) is 46.5 Å². The Bertz CT molecular complexity index is 386. The zero-order valence-electron chi connectivity index (χ0n) is 12.8. The molecule has 0 saturated heterocycles. The van der Waals surface area contributed by atoms with Gasteiger partial charge in [0.25, 0.3) is 0 Å². The molecule has 0 aliphatic heterocycles. The lowest BCUT2D eigenvalue weighted by molar-refractivity contribution is 0.146. The maximum Gasteiger partial charge on any atom is 0.0434 e. The van der Waals surface area contributed by atoms with Gasteiger partial charge in [0, 0.05) is 6.61 Å². The number of benzene rings is 1. The molecule has 0 aromatic heterocycles. The molecule has 0 aliphatic carbocycles. The Morgan fingerprint density at radius 1 is 1.21 bits per heavy atom. The van der Waals surface area contributed by atoms with E-state index in [1.54, 1.807) is 0 Å². The van der Waals surface area contributed by atoms with Crippen LogP contribution in [0.3, 0.4) is 0 Å². The summed E-state index contributed by atoms with van der Waals surface area (Å²) >= 11 is 0. The molecule has 0 radical (unpaired) electrons. The molecule has 1 aromatic carbocycles. The van der Waals surface area contributed by atoms with Crippen LogP contribution in [0.4, 0.5) is 0 Å². The zero-order valence-corrected chi connectivity index (χ0v) is 12.8. The number of rotatable bonds is 6. The Morgan fingerprint density at radius 3 is 2.21 bits per heavy atom. The Labute approximate surface area is 118 Å². The first-order valence-electron chi connectivity index (χ1n) is 7.16. The second-order valence-corrected chi connectivity index (χ2v) is 6.66. The minimum absolute atomic E-state index is 0.179. The van der Waals surface area contributed by atoms with E-state index in [1.165, 1.54) is 11.1 Å². The molecule has 0 aliphatic rings. The van der Waals surface area contributed by atoms with Gasteiger partial charge in [-0.25, -0.2) is 0 Å². The molecule has 19 heavy (non-hydrogen) atoms. The van der Waals surface area contributed by atoms with Crippen LogP contribution in [0.5, 0.6) is 0 Å². The van der Waals surface area contributed by atoms with Crippen LogP contribution >= 0.6 is 0 Å². The monoisotopic (exact) mass is 260 g/mol. The van der Waals surface area contributed by atoms with E-state index in [9.17, 15) is 5.11 Å². The highest BCUT2D eigenvalue weighted by atomic mass is 16.3. The predicted molar refractivity (Wildman–Crippen MR) is 83.3 cm³/mol. The number of aliphatic hydroxyl groups is 1. The van der Waals surface area contributed by atoms with Gasteiger partial charge in [-0.2, -0.15) is 0 Å². The van der Waals surface area contributed by atoms with Crippen LogP contribution in [-0.2, 0) is 0 Å². The molecule has 0 fully saturated rings. The summed E-state index contributed by atoms with van der Waals surface area (Å²) in [6.07, 6.45) is 1.84. The van der Waals surface area contributed by atoms with E-state index in [4.69, 9.17) is 0 Å². The van der Waals surface area contributed by atoms with Gasteiger partial charge >= 0.3 is 0 Å². The first kappa shape index (κ1) is 16.0. The van der Waals surface area contributed by atoms with Crippen LogP contribution in [-0.4, -0.2) is 11.7 Å². The van der Waals surface area contributed by atoms with Crippen molar-refractivity contribution in [3.8, 4) is 0 Å². The van der Waals surface area contributed by atoms with Crippen LogP contribution in [0, 0.1) is 11.3 Å². The van der Waals surface area contributed by atoms with Gasteiger partial charge in [0.2, 0.25) is 0 Å². The fourth-order valence-electron chi connectivity index (χ4n) is 2.94. The van der Waals surface area contributed by atoms with Gasteiger partial charge in [0.15, 0.2) is 0 Å². The fraction of sp³-hybridized carbons (Fsp3) is 0.556. The van der Waals surface area contributed by atoms with E-state index in [0.29, 0.717) is 11.8 Å². The lowest BCUT2D eigenvalue weighted by atomic mass is 9.67. The first-order valence-corrected chi connectivity index (χ1v) is 7.16. The van der Waals surface area contributed by atoms with Gasteiger partial charge < -0.3 is 5.11 Å². The predicted octanol–water partition coefficient (Wildman–Crippen LogP) is 4.78. The highest BCUT2D eigenvalue weighted by molar-refractivity contribution is 5.22. The maximum atomic E-state index is 9.41. The van der Waals surface area contributed by atoms with Gasteiger partial charge in [0.05, 0.1) is 0 Å². The normalized spacial score (nSPS) is 15.0. The SMILES string of the molecule is C=C(C)C[C@H](c1ccccc1)[C@H](CCO)C(C)(C)C. The van der Waals surface area contributed by atoms with E-state index in [-0.39, 0.29) is 12.0 Å². The van der Waals surface area contributed by atoms with Crippen LogP contribution in [0.15, 0.2) is 42.5 Å². The van der Waals surface area contributed by atoms with Gasteiger partial charge in [-0.3, -0.25) is 0 Å². The Hall–Kier alpha value is -1.08. The summed E-state index contributed by atoms with van der Waals surface area (Å²) in [6, 6.07) is 10.6. The Kier molecular flexibility index (Phi) is 5.81.